The first-order valence-corrected chi connectivity index (χ1v) is 5.58. The van der Waals surface area contributed by atoms with Crippen LogP contribution in [-0.2, 0) is 0 Å². The lowest BCUT2D eigenvalue weighted by Crippen LogP contribution is -2.27. The van der Waals surface area contributed by atoms with E-state index in [0.717, 1.165) is 5.75 Å². The molecule has 3 heteroatoms. The summed E-state index contributed by atoms with van der Waals surface area (Å²) in [6.45, 7) is 5.81. The van der Waals surface area contributed by atoms with Crippen molar-refractivity contribution in [3.8, 4) is 5.75 Å². The van der Waals surface area contributed by atoms with E-state index in [1.165, 1.54) is 9.13 Å². The number of hydrogen-bond acceptors (Lipinski definition) is 2. The van der Waals surface area contributed by atoms with E-state index in [1.54, 1.807) is 13.8 Å². The van der Waals surface area contributed by atoms with Crippen LogP contribution in [0.2, 0.25) is 0 Å². The Kier molecular flexibility index (Phi) is 3.78. The molecule has 2 nitrogen and oxygen atoms in total. The molecule has 14 heavy (non-hydrogen) atoms. The summed E-state index contributed by atoms with van der Waals surface area (Å²) in [6.07, 6.45) is 0. The molecule has 0 spiro atoms. The van der Waals surface area contributed by atoms with Gasteiger partial charge in [-0.15, -0.1) is 0 Å². The molecule has 1 aromatic carbocycles. The predicted octanol–water partition coefficient (Wildman–Crippen LogP) is 2.75. The van der Waals surface area contributed by atoms with Gasteiger partial charge in [0.15, 0.2) is 0 Å². The normalized spacial score (nSPS) is 11.5. The van der Waals surface area contributed by atoms with E-state index < -0.39 is 5.60 Å². The lowest BCUT2D eigenvalue weighted by Gasteiger charge is -2.18. The maximum absolute atomic E-state index is 9.48. The van der Waals surface area contributed by atoms with Gasteiger partial charge in [0.05, 0.1) is 5.60 Å². The molecule has 0 atom stereocenters. The van der Waals surface area contributed by atoms with Crippen LogP contribution >= 0.6 is 22.6 Å². The van der Waals surface area contributed by atoms with Gasteiger partial charge in [-0.3, -0.25) is 0 Å². The molecule has 78 valence electrons. The first-order chi connectivity index (χ1) is 6.38. The molecule has 0 aliphatic heterocycles. The Morgan fingerprint density at radius 2 is 2.07 bits per heavy atom. The molecule has 0 saturated carbocycles. The van der Waals surface area contributed by atoms with Crippen LogP contribution in [0.5, 0.6) is 5.75 Å². The minimum atomic E-state index is -0.781. The maximum Gasteiger partial charge on any atom is 0.119 e. The van der Waals surface area contributed by atoms with Gasteiger partial charge in [0, 0.05) is 3.57 Å². The number of aliphatic hydroxyl groups is 1. The highest BCUT2D eigenvalue weighted by molar-refractivity contribution is 14.1. The van der Waals surface area contributed by atoms with Crippen molar-refractivity contribution in [3.05, 3.63) is 27.3 Å². The number of rotatable bonds is 3. The van der Waals surface area contributed by atoms with E-state index in [4.69, 9.17) is 4.74 Å². The summed E-state index contributed by atoms with van der Waals surface area (Å²) in [5.74, 6) is 0.810. The Labute approximate surface area is 98.4 Å². The lowest BCUT2D eigenvalue weighted by atomic mass is 10.2. The molecular weight excluding hydrogens is 291 g/mol. The fraction of sp³-hybridized carbons (Fsp3) is 0.455. The van der Waals surface area contributed by atoms with Crippen LogP contribution in [0.4, 0.5) is 0 Å². The Morgan fingerprint density at radius 3 is 2.57 bits per heavy atom. The molecule has 0 aliphatic rings. The number of benzene rings is 1. The highest BCUT2D eigenvalue weighted by atomic mass is 127. The van der Waals surface area contributed by atoms with Gasteiger partial charge < -0.3 is 9.84 Å². The SMILES string of the molecule is Cc1cc(OCC(C)(C)O)ccc1I. The molecule has 0 aliphatic carbocycles. The zero-order valence-electron chi connectivity index (χ0n) is 8.67. The van der Waals surface area contributed by atoms with Crippen LogP contribution in [0.3, 0.4) is 0 Å². The summed E-state index contributed by atoms with van der Waals surface area (Å²) >= 11 is 2.28. The van der Waals surface area contributed by atoms with Crippen LogP contribution in [-0.4, -0.2) is 17.3 Å². The number of hydrogen-bond donors (Lipinski definition) is 1. The molecule has 0 saturated heterocycles. The van der Waals surface area contributed by atoms with Crippen molar-refractivity contribution in [1.82, 2.24) is 0 Å². The third-order valence-electron chi connectivity index (χ3n) is 1.72. The zero-order chi connectivity index (χ0) is 10.8. The summed E-state index contributed by atoms with van der Waals surface area (Å²) in [7, 11) is 0. The van der Waals surface area contributed by atoms with Crippen LogP contribution < -0.4 is 4.74 Å². The van der Waals surface area contributed by atoms with Gasteiger partial charge in [-0.05, 0) is 67.1 Å². The molecule has 0 bridgehead atoms. The smallest absolute Gasteiger partial charge is 0.119 e. The quantitative estimate of drug-likeness (QED) is 0.870. The molecule has 0 radical (unpaired) electrons. The first kappa shape index (κ1) is 11.8. The van der Waals surface area contributed by atoms with Gasteiger partial charge in [0.25, 0.3) is 0 Å². The average Bonchev–Trinajstić information content (AvgIpc) is 2.06. The number of halogens is 1. The highest BCUT2D eigenvalue weighted by Gasteiger charge is 2.13. The summed E-state index contributed by atoms with van der Waals surface area (Å²) in [4.78, 5) is 0. The molecule has 0 heterocycles. The minimum Gasteiger partial charge on any atom is -0.491 e. The largest absolute Gasteiger partial charge is 0.491 e. The van der Waals surface area contributed by atoms with Gasteiger partial charge in [-0.1, -0.05) is 0 Å². The van der Waals surface area contributed by atoms with E-state index >= 15 is 0 Å². The molecule has 1 N–H and O–H groups in total. The monoisotopic (exact) mass is 306 g/mol. The second-order valence-corrected chi connectivity index (χ2v) is 5.17. The number of aryl methyl sites for hydroxylation is 1. The molecule has 0 amide bonds. The molecular formula is C11H15IO2. The van der Waals surface area contributed by atoms with Gasteiger partial charge in [0.1, 0.15) is 12.4 Å². The highest BCUT2D eigenvalue weighted by Crippen LogP contribution is 2.19. The third-order valence-corrected chi connectivity index (χ3v) is 2.93. The molecule has 0 fully saturated rings. The number of ether oxygens (including phenoxy) is 1. The van der Waals surface area contributed by atoms with E-state index in [9.17, 15) is 5.11 Å². The zero-order valence-corrected chi connectivity index (χ0v) is 10.8. The van der Waals surface area contributed by atoms with Gasteiger partial charge >= 0.3 is 0 Å². The van der Waals surface area contributed by atoms with E-state index in [-0.39, 0.29) is 0 Å². The Bertz CT molecular complexity index is 316. The fourth-order valence-corrected chi connectivity index (χ4v) is 1.30. The Balaban J connectivity index is 2.65. The van der Waals surface area contributed by atoms with Crippen molar-refractivity contribution in [1.29, 1.82) is 0 Å². The van der Waals surface area contributed by atoms with Crippen molar-refractivity contribution in [2.45, 2.75) is 26.4 Å². The van der Waals surface area contributed by atoms with Crippen LogP contribution in [0.15, 0.2) is 18.2 Å². The van der Waals surface area contributed by atoms with Crippen LogP contribution in [0.1, 0.15) is 19.4 Å². The van der Waals surface area contributed by atoms with Crippen LogP contribution in [0, 0.1) is 10.5 Å². The Morgan fingerprint density at radius 1 is 1.43 bits per heavy atom. The topological polar surface area (TPSA) is 29.5 Å². The summed E-state index contributed by atoms with van der Waals surface area (Å²) in [5, 5.41) is 9.48. The Hall–Kier alpha value is -0.290. The van der Waals surface area contributed by atoms with Crippen molar-refractivity contribution < 1.29 is 9.84 Å². The minimum absolute atomic E-state index is 0.313. The molecule has 0 unspecified atom stereocenters. The fourth-order valence-electron chi connectivity index (χ4n) is 0.967. The van der Waals surface area contributed by atoms with Crippen molar-refractivity contribution in [3.63, 3.8) is 0 Å². The lowest BCUT2D eigenvalue weighted by molar-refractivity contribution is 0.0284. The van der Waals surface area contributed by atoms with E-state index in [1.807, 2.05) is 25.1 Å². The third kappa shape index (κ3) is 3.84. The standard InChI is InChI=1S/C11H15IO2/c1-8-6-9(4-5-10(8)12)14-7-11(2,3)13/h4-6,13H,7H2,1-3H3. The summed E-state index contributed by atoms with van der Waals surface area (Å²) in [5.41, 5.74) is 0.413. The second kappa shape index (κ2) is 4.49. The maximum atomic E-state index is 9.48. The van der Waals surface area contributed by atoms with E-state index in [2.05, 4.69) is 22.6 Å². The summed E-state index contributed by atoms with van der Waals surface area (Å²) < 4.78 is 6.67. The van der Waals surface area contributed by atoms with Gasteiger partial charge in [-0.25, -0.2) is 0 Å². The predicted molar refractivity (Wildman–Crippen MR) is 65.7 cm³/mol. The van der Waals surface area contributed by atoms with Crippen molar-refractivity contribution in [2.24, 2.45) is 0 Å². The van der Waals surface area contributed by atoms with E-state index in [0.29, 0.717) is 6.61 Å². The van der Waals surface area contributed by atoms with Crippen LogP contribution in [0.25, 0.3) is 0 Å². The molecule has 1 aromatic rings. The summed E-state index contributed by atoms with van der Waals surface area (Å²) in [6, 6.07) is 5.91. The molecule has 0 aromatic heterocycles. The second-order valence-electron chi connectivity index (χ2n) is 4.01. The van der Waals surface area contributed by atoms with Crippen molar-refractivity contribution >= 4 is 22.6 Å². The van der Waals surface area contributed by atoms with Gasteiger partial charge in [0.2, 0.25) is 0 Å². The first-order valence-electron chi connectivity index (χ1n) is 4.50. The molecule has 1 rings (SSSR count). The van der Waals surface area contributed by atoms with Crippen molar-refractivity contribution in [2.75, 3.05) is 6.61 Å². The average molecular weight is 306 g/mol. The van der Waals surface area contributed by atoms with Gasteiger partial charge in [-0.2, -0.15) is 0 Å².